The van der Waals surface area contributed by atoms with Crippen LogP contribution in [0.2, 0.25) is 0 Å². The summed E-state index contributed by atoms with van der Waals surface area (Å²) in [6, 6.07) is 8.21. The van der Waals surface area contributed by atoms with E-state index in [9.17, 15) is 4.79 Å². The molecule has 7 heteroatoms. The summed E-state index contributed by atoms with van der Waals surface area (Å²) in [6.45, 7) is 8.45. The highest BCUT2D eigenvalue weighted by Crippen LogP contribution is 2.26. The molecule has 2 aromatic rings. The lowest BCUT2D eigenvalue weighted by molar-refractivity contribution is -0.134. The summed E-state index contributed by atoms with van der Waals surface area (Å²) in [5.74, 6) is 0.937. The van der Waals surface area contributed by atoms with Gasteiger partial charge in [0.1, 0.15) is 5.82 Å². The van der Waals surface area contributed by atoms with E-state index in [1.54, 1.807) is 0 Å². The van der Waals surface area contributed by atoms with Crippen molar-refractivity contribution < 1.29 is 9.53 Å². The molecule has 1 aromatic carbocycles. The lowest BCUT2D eigenvalue weighted by Gasteiger charge is -2.28. The van der Waals surface area contributed by atoms with Gasteiger partial charge in [0, 0.05) is 18.8 Å². The van der Waals surface area contributed by atoms with E-state index >= 15 is 0 Å². The van der Waals surface area contributed by atoms with Crippen molar-refractivity contribution in [1.29, 1.82) is 0 Å². The Kier molecular flexibility index (Phi) is 5.20. The quantitative estimate of drug-likeness (QED) is 0.795. The second kappa shape index (κ2) is 7.36. The molecular weight excluding hydrogens is 324 g/mol. The molecule has 6 nitrogen and oxygen atoms in total. The van der Waals surface area contributed by atoms with Crippen molar-refractivity contribution >= 4 is 17.7 Å². The maximum atomic E-state index is 12.6. The normalized spacial score (nSPS) is 16.2. The van der Waals surface area contributed by atoms with E-state index in [1.165, 1.54) is 17.3 Å². The molecular formula is C17H22N4O2S. The Hall–Kier alpha value is -1.86. The van der Waals surface area contributed by atoms with Crippen LogP contribution in [-0.2, 0) is 9.53 Å². The van der Waals surface area contributed by atoms with Crippen LogP contribution in [0, 0.1) is 13.8 Å². The number of ether oxygens (including phenoxy) is 1. The fraction of sp³-hybridized carbons (Fsp3) is 0.471. The Morgan fingerprint density at radius 3 is 2.50 bits per heavy atom. The number of amides is 1. The first-order chi connectivity index (χ1) is 11.6. The van der Waals surface area contributed by atoms with Gasteiger partial charge in [0.15, 0.2) is 5.16 Å². The van der Waals surface area contributed by atoms with E-state index in [2.05, 4.69) is 29.3 Å². The van der Waals surface area contributed by atoms with Gasteiger partial charge in [-0.3, -0.25) is 9.36 Å². The van der Waals surface area contributed by atoms with Crippen LogP contribution in [0.3, 0.4) is 0 Å². The molecule has 3 rings (SSSR count). The van der Waals surface area contributed by atoms with Crippen LogP contribution in [-0.4, -0.2) is 57.1 Å². The van der Waals surface area contributed by atoms with Crippen molar-refractivity contribution in [3.63, 3.8) is 0 Å². The van der Waals surface area contributed by atoms with Crippen LogP contribution in [0.25, 0.3) is 5.69 Å². The number of carbonyl (C=O) groups is 1. The maximum Gasteiger partial charge on any atom is 0.236 e. The van der Waals surface area contributed by atoms with Crippen LogP contribution < -0.4 is 0 Å². The average molecular weight is 346 g/mol. The molecule has 0 spiro atoms. The molecule has 0 aliphatic carbocycles. The number of carbonyl (C=O) groups excluding carboxylic acids is 1. The molecule has 1 aliphatic heterocycles. The summed E-state index contributed by atoms with van der Waals surface area (Å²) in [7, 11) is 0. The van der Waals surface area contributed by atoms with Crippen LogP contribution in [0.1, 0.15) is 18.3 Å². The highest BCUT2D eigenvalue weighted by Gasteiger charge is 2.25. The topological polar surface area (TPSA) is 60.2 Å². The molecule has 0 bridgehead atoms. The Bertz CT molecular complexity index is 708. The first-order valence-corrected chi connectivity index (χ1v) is 8.96. The summed E-state index contributed by atoms with van der Waals surface area (Å²) < 4.78 is 7.30. The van der Waals surface area contributed by atoms with Gasteiger partial charge in [0.2, 0.25) is 5.91 Å². The minimum atomic E-state index is -0.212. The van der Waals surface area contributed by atoms with Gasteiger partial charge in [-0.05, 0) is 32.9 Å². The molecule has 1 aliphatic rings. The molecule has 1 aromatic heterocycles. The zero-order chi connectivity index (χ0) is 17.1. The third-order valence-corrected chi connectivity index (χ3v) is 5.07. The Labute approximate surface area is 146 Å². The van der Waals surface area contributed by atoms with Crippen molar-refractivity contribution in [3.05, 3.63) is 35.7 Å². The van der Waals surface area contributed by atoms with Crippen molar-refractivity contribution in [2.45, 2.75) is 31.2 Å². The summed E-state index contributed by atoms with van der Waals surface area (Å²) in [4.78, 5) is 14.5. The van der Waals surface area contributed by atoms with E-state index in [0.717, 1.165) is 16.7 Å². The van der Waals surface area contributed by atoms with Gasteiger partial charge in [-0.25, -0.2) is 0 Å². The van der Waals surface area contributed by atoms with Gasteiger partial charge in [-0.15, -0.1) is 10.2 Å². The van der Waals surface area contributed by atoms with Gasteiger partial charge in [-0.1, -0.05) is 29.5 Å². The summed E-state index contributed by atoms with van der Waals surface area (Å²) >= 11 is 1.45. The van der Waals surface area contributed by atoms with E-state index in [-0.39, 0.29) is 11.2 Å². The number of aryl methyl sites for hydroxylation is 2. The zero-order valence-electron chi connectivity index (χ0n) is 14.2. The molecule has 1 amide bonds. The Morgan fingerprint density at radius 1 is 1.17 bits per heavy atom. The highest BCUT2D eigenvalue weighted by molar-refractivity contribution is 8.00. The van der Waals surface area contributed by atoms with Crippen molar-refractivity contribution in [2.75, 3.05) is 26.3 Å². The SMILES string of the molecule is Cc1ccc(-n2c(C)nnc2SC(C)C(=O)N2CCOCC2)cc1. The van der Waals surface area contributed by atoms with Crippen LogP contribution in [0.4, 0.5) is 0 Å². The standard InChI is InChI=1S/C17H22N4O2S/c1-12-4-6-15(7-5-12)21-14(3)18-19-17(21)24-13(2)16(22)20-8-10-23-11-9-20/h4-7,13H,8-11H2,1-3H3. The minimum Gasteiger partial charge on any atom is -0.378 e. The molecule has 128 valence electrons. The molecule has 1 saturated heterocycles. The predicted molar refractivity (Wildman–Crippen MR) is 93.6 cm³/mol. The number of nitrogens with zero attached hydrogens (tertiary/aromatic N) is 4. The van der Waals surface area contributed by atoms with E-state index in [1.807, 2.05) is 35.4 Å². The lowest BCUT2D eigenvalue weighted by atomic mass is 10.2. The predicted octanol–water partition coefficient (Wildman–Crippen LogP) is 2.22. The van der Waals surface area contributed by atoms with E-state index < -0.39 is 0 Å². The number of morpholine rings is 1. The van der Waals surface area contributed by atoms with Gasteiger partial charge in [0.05, 0.1) is 18.5 Å². The van der Waals surface area contributed by atoms with Gasteiger partial charge < -0.3 is 9.64 Å². The number of aromatic nitrogens is 3. The molecule has 0 saturated carbocycles. The van der Waals surface area contributed by atoms with Crippen molar-refractivity contribution in [2.24, 2.45) is 0 Å². The number of benzene rings is 1. The summed E-state index contributed by atoms with van der Waals surface area (Å²) in [5, 5.41) is 8.98. The summed E-state index contributed by atoms with van der Waals surface area (Å²) in [5.41, 5.74) is 2.21. The van der Waals surface area contributed by atoms with Crippen LogP contribution in [0.5, 0.6) is 0 Å². The first kappa shape index (κ1) is 17.0. The fourth-order valence-electron chi connectivity index (χ4n) is 2.66. The largest absolute Gasteiger partial charge is 0.378 e. The van der Waals surface area contributed by atoms with E-state index in [0.29, 0.717) is 26.3 Å². The average Bonchev–Trinajstić information content (AvgIpc) is 2.96. The maximum absolute atomic E-state index is 12.6. The van der Waals surface area contributed by atoms with Gasteiger partial charge in [0.25, 0.3) is 0 Å². The minimum absolute atomic E-state index is 0.124. The third-order valence-electron chi connectivity index (χ3n) is 4.04. The molecule has 0 N–H and O–H groups in total. The van der Waals surface area contributed by atoms with Crippen molar-refractivity contribution in [1.82, 2.24) is 19.7 Å². The monoisotopic (exact) mass is 346 g/mol. The second-order valence-corrected chi connectivity index (χ2v) is 7.21. The molecule has 1 fully saturated rings. The zero-order valence-corrected chi connectivity index (χ0v) is 15.0. The smallest absolute Gasteiger partial charge is 0.236 e. The third kappa shape index (κ3) is 3.62. The molecule has 0 radical (unpaired) electrons. The fourth-order valence-corrected chi connectivity index (χ4v) is 3.66. The number of thioether (sulfide) groups is 1. The number of rotatable bonds is 4. The Balaban J connectivity index is 1.78. The van der Waals surface area contributed by atoms with Gasteiger partial charge in [-0.2, -0.15) is 0 Å². The molecule has 24 heavy (non-hydrogen) atoms. The van der Waals surface area contributed by atoms with Crippen LogP contribution >= 0.6 is 11.8 Å². The highest BCUT2D eigenvalue weighted by atomic mass is 32.2. The Morgan fingerprint density at radius 2 is 1.83 bits per heavy atom. The van der Waals surface area contributed by atoms with Crippen LogP contribution in [0.15, 0.2) is 29.4 Å². The molecule has 1 atom stereocenters. The molecule has 2 heterocycles. The molecule has 1 unspecified atom stereocenters. The summed E-state index contributed by atoms with van der Waals surface area (Å²) in [6.07, 6.45) is 0. The lowest BCUT2D eigenvalue weighted by Crippen LogP contribution is -2.44. The van der Waals surface area contributed by atoms with Crippen molar-refractivity contribution in [3.8, 4) is 5.69 Å². The first-order valence-electron chi connectivity index (χ1n) is 8.08. The second-order valence-electron chi connectivity index (χ2n) is 5.90. The number of hydrogen-bond donors (Lipinski definition) is 0. The van der Waals surface area contributed by atoms with E-state index in [4.69, 9.17) is 4.74 Å². The number of hydrogen-bond acceptors (Lipinski definition) is 5. The van der Waals surface area contributed by atoms with Gasteiger partial charge >= 0.3 is 0 Å².